The number of carboxylic acids is 1. The molecule has 0 spiro atoms. The zero-order valence-electron chi connectivity index (χ0n) is 12.3. The Hall–Kier alpha value is -2.05. The van der Waals surface area contributed by atoms with Crippen molar-refractivity contribution in [2.24, 2.45) is 5.92 Å². The molecular weight excluding hydrogens is 274 g/mol. The van der Waals surface area contributed by atoms with Crippen LogP contribution in [0.1, 0.15) is 43.0 Å². The first-order valence-electron chi connectivity index (χ1n) is 7.15. The van der Waals surface area contributed by atoms with Crippen molar-refractivity contribution < 1.29 is 19.1 Å². The Bertz CT molecular complexity index is 499. The highest BCUT2D eigenvalue weighted by molar-refractivity contribution is 5.74. The summed E-state index contributed by atoms with van der Waals surface area (Å²) in [7, 11) is 0. The largest absolute Gasteiger partial charge is 0.481 e. The summed E-state index contributed by atoms with van der Waals surface area (Å²) in [5.74, 6) is 0.214. The summed E-state index contributed by atoms with van der Waals surface area (Å²) in [5.41, 5.74) is 0.819. The van der Waals surface area contributed by atoms with Gasteiger partial charge in [-0.2, -0.15) is 0 Å². The summed E-state index contributed by atoms with van der Waals surface area (Å²) >= 11 is 0. The summed E-state index contributed by atoms with van der Waals surface area (Å²) in [5, 5.41) is 14.5. The van der Waals surface area contributed by atoms with E-state index in [4.69, 9.17) is 9.52 Å². The minimum Gasteiger partial charge on any atom is -0.481 e. The van der Waals surface area contributed by atoms with Gasteiger partial charge in [0.1, 0.15) is 5.76 Å². The van der Waals surface area contributed by atoms with Crippen molar-refractivity contribution in [3.63, 3.8) is 0 Å². The summed E-state index contributed by atoms with van der Waals surface area (Å²) in [6.07, 6.45) is 2.61. The highest BCUT2D eigenvalue weighted by Crippen LogP contribution is 2.24. The molecule has 1 aromatic heterocycles. The molecule has 1 aliphatic rings. The normalized spacial score (nSPS) is 21.8. The number of aryl methyl sites for hydroxylation is 2. The molecule has 0 aromatic carbocycles. The van der Waals surface area contributed by atoms with Gasteiger partial charge >= 0.3 is 12.0 Å². The standard InChI is InChI=1S/C14H21N3O4/c1-8-9(2)21-12(16-8)7-15-14(20)17-11-5-3-10(4-6-11)13(18)19/h10-11H,3-7H2,1-2H3,(H,18,19)(H2,15,17,20). The van der Waals surface area contributed by atoms with E-state index in [-0.39, 0.29) is 24.5 Å². The molecule has 0 bridgehead atoms. The highest BCUT2D eigenvalue weighted by atomic mass is 16.4. The summed E-state index contributed by atoms with van der Waals surface area (Å²) in [6.45, 7) is 3.92. The van der Waals surface area contributed by atoms with Gasteiger partial charge in [-0.25, -0.2) is 9.78 Å². The van der Waals surface area contributed by atoms with E-state index in [9.17, 15) is 9.59 Å². The van der Waals surface area contributed by atoms with Crippen LogP contribution in [0.4, 0.5) is 4.79 Å². The number of carbonyl (C=O) groups excluding carboxylic acids is 1. The van der Waals surface area contributed by atoms with Gasteiger partial charge in [-0.3, -0.25) is 4.79 Å². The van der Waals surface area contributed by atoms with Crippen LogP contribution in [0, 0.1) is 19.8 Å². The third kappa shape index (κ3) is 4.21. The second-order valence-corrected chi connectivity index (χ2v) is 5.46. The number of hydrogen-bond acceptors (Lipinski definition) is 4. The van der Waals surface area contributed by atoms with Crippen LogP contribution in [-0.4, -0.2) is 28.1 Å². The molecular formula is C14H21N3O4. The van der Waals surface area contributed by atoms with E-state index in [2.05, 4.69) is 15.6 Å². The Morgan fingerprint density at radius 2 is 1.95 bits per heavy atom. The monoisotopic (exact) mass is 295 g/mol. The van der Waals surface area contributed by atoms with Crippen LogP contribution in [0.2, 0.25) is 0 Å². The number of amides is 2. The van der Waals surface area contributed by atoms with E-state index < -0.39 is 5.97 Å². The zero-order valence-corrected chi connectivity index (χ0v) is 12.3. The molecule has 7 heteroatoms. The second-order valence-electron chi connectivity index (χ2n) is 5.46. The highest BCUT2D eigenvalue weighted by Gasteiger charge is 2.26. The maximum atomic E-state index is 11.8. The number of rotatable bonds is 4. The molecule has 1 aliphatic carbocycles. The van der Waals surface area contributed by atoms with Gasteiger partial charge in [-0.1, -0.05) is 0 Å². The van der Waals surface area contributed by atoms with Crippen molar-refractivity contribution >= 4 is 12.0 Å². The molecule has 1 aromatic rings. The Morgan fingerprint density at radius 3 is 2.48 bits per heavy atom. The maximum Gasteiger partial charge on any atom is 0.315 e. The molecule has 2 amide bonds. The lowest BCUT2D eigenvalue weighted by Gasteiger charge is -2.26. The fraction of sp³-hybridized carbons (Fsp3) is 0.643. The molecule has 116 valence electrons. The summed E-state index contributed by atoms with van der Waals surface area (Å²) in [4.78, 5) is 26.8. The fourth-order valence-corrected chi connectivity index (χ4v) is 2.49. The van der Waals surface area contributed by atoms with E-state index >= 15 is 0 Å². The van der Waals surface area contributed by atoms with Crippen LogP contribution in [0.5, 0.6) is 0 Å². The first-order valence-corrected chi connectivity index (χ1v) is 7.15. The summed E-state index contributed by atoms with van der Waals surface area (Å²) in [6, 6.07) is -0.240. The quantitative estimate of drug-likeness (QED) is 0.784. The molecule has 1 heterocycles. The molecule has 0 aliphatic heterocycles. The molecule has 3 N–H and O–H groups in total. The average Bonchev–Trinajstić information content (AvgIpc) is 2.76. The number of urea groups is 1. The lowest BCUT2D eigenvalue weighted by Crippen LogP contribution is -2.43. The lowest BCUT2D eigenvalue weighted by molar-refractivity contribution is -0.142. The Labute approximate surface area is 123 Å². The van der Waals surface area contributed by atoms with E-state index in [1.165, 1.54) is 0 Å². The van der Waals surface area contributed by atoms with Crippen molar-refractivity contribution in [3.05, 3.63) is 17.3 Å². The van der Waals surface area contributed by atoms with Crippen LogP contribution in [0.25, 0.3) is 0 Å². The molecule has 0 unspecified atom stereocenters. The Kier molecular flexibility index (Phi) is 4.82. The van der Waals surface area contributed by atoms with E-state index in [0.29, 0.717) is 31.6 Å². The minimum absolute atomic E-state index is 0.0358. The molecule has 0 atom stereocenters. The first kappa shape index (κ1) is 15.3. The molecule has 1 fully saturated rings. The number of aromatic nitrogens is 1. The van der Waals surface area contributed by atoms with Crippen LogP contribution >= 0.6 is 0 Å². The number of oxazole rings is 1. The smallest absolute Gasteiger partial charge is 0.315 e. The number of hydrogen-bond donors (Lipinski definition) is 3. The number of carboxylic acid groups (broad SMARTS) is 1. The van der Waals surface area contributed by atoms with E-state index in [1.54, 1.807) is 0 Å². The SMILES string of the molecule is Cc1nc(CNC(=O)NC2CCC(C(=O)O)CC2)oc1C. The van der Waals surface area contributed by atoms with Crippen molar-refractivity contribution in [1.29, 1.82) is 0 Å². The fourth-order valence-electron chi connectivity index (χ4n) is 2.49. The summed E-state index contributed by atoms with van der Waals surface area (Å²) < 4.78 is 5.38. The van der Waals surface area contributed by atoms with Gasteiger partial charge in [0.15, 0.2) is 0 Å². The zero-order chi connectivity index (χ0) is 15.4. The van der Waals surface area contributed by atoms with E-state index in [0.717, 1.165) is 11.5 Å². The van der Waals surface area contributed by atoms with Crippen molar-refractivity contribution in [3.8, 4) is 0 Å². The molecule has 21 heavy (non-hydrogen) atoms. The maximum absolute atomic E-state index is 11.8. The van der Waals surface area contributed by atoms with Crippen molar-refractivity contribution in [2.45, 2.75) is 52.1 Å². The van der Waals surface area contributed by atoms with Gasteiger partial charge in [0, 0.05) is 6.04 Å². The van der Waals surface area contributed by atoms with E-state index in [1.807, 2.05) is 13.8 Å². The molecule has 1 saturated carbocycles. The van der Waals surface area contributed by atoms with Gasteiger partial charge in [0.25, 0.3) is 0 Å². The number of nitrogens with zero attached hydrogens (tertiary/aromatic N) is 1. The first-order chi connectivity index (χ1) is 9.95. The third-order valence-corrected chi connectivity index (χ3v) is 3.88. The second kappa shape index (κ2) is 6.60. The van der Waals surface area contributed by atoms with Crippen LogP contribution in [-0.2, 0) is 11.3 Å². The van der Waals surface area contributed by atoms with Crippen LogP contribution in [0.3, 0.4) is 0 Å². The predicted octanol–water partition coefficient (Wildman–Crippen LogP) is 1.73. The van der Waals surface area contributed by atoms with Gasteiger partial charge in [-0.05, 0) is 39.5 Å². The van der Waals surface area contributed by atoms with Crippen molar-refractivity contribution in [2.75, 3.05) is 0 Å². The van der Waals surface area contributed by atoms with Crippen LogP contribution in [0.15, 0.2) is 4.42 Å². The Balaban J connectivity index is 1.71. The number of carbonyl (C=O) groups is 2. The van der Waals surface area contributed by atoms with Gasteiger partial charge in [0.05, 0.1) is 18.2 Å². The third-order valence-electron chi connectivity index (χ3n) is 3.88. The number of aliphatic carboxylic acids is 1. The van der Waals surface area contributed by atoms with Crippen LogP contribution < -0.4 is 10.6 Å². The molecule has 2 rings (SSSR count). The Morgan fingerprint density at radius 1 is 1.29 bits per heavy atom. The van der Waals surface area contributed by atoms with Gasteiger partial charge in [0.2, 0.25) is 5.89 Å². The van der Waals surface area contributed by atoms with Gasteiger partial charge < -0.3 is 20.2 Å². The lowest BCUT2D eigenvalue weighted by atomic mass is 9.86. The molecule has 7 nitrogen and oxygen atoms in total. The minimum atomic E-state index is -0.743. The topological polar surface area (TPSA) is 104 Å². The molecule has 0 saturated heterocycles. The van der Waals surface area contributed by atoms with Gasteiger partial charge in [-0.15, -0.1) is 0 Å². The predicted molar refractivity (Wildman–Crippen MR) is 74.7 cm³/mol. The number of nitrogens with one attached hydrogen (secondary N) is 2. The average molecular weight is 295 g/mol. The molecule has 0 radical (unpaired) electrons. The van der Waals surface area contributed by atoms with Crippen molar-refractivity contribution in [1.82, 2.24) is 15.6 Å².